The average Bonchev–Trinajstić information content (AvgIpc) is 3.23. The summed E-state index contributed by atoms with van der Waals surface area (Å²) in [6.45, 7) is 3.96. The first-order valence-electron chi connectivity index (χ1n) is 12.0. The number of rotatable bonds is 8. The Morgan fingerprint density at radius 3 is 2.17 bits per heavy atom. The van der Waals surface area contributed by atoms with Gasteiger partial charge in [0, 0.05) is 27.1 Å². The van der Waals surface area contributed by atoms with E-state index in [2.05, 4.69) is 15.7 Å². The second-order valence-electron chi connectivity index (χ2n) is 10.2. The van der Waals surface area contributed by atoms with Gasteiger partial charge in [-0.15, -0.1) is 0 Å². The van der Waals surface area contributed by atoms with Crippen LogP contribution < -0.4 is 10.6 Å². The van der Waals surface area contributed by atoms with E-state index in [0.29, 0.717) is 9.13 Å². The number of carbonyl (C=O) groups is 2. The summed E-state index contributed by atoms with van der Waals surface area (Å²) in [5.41, 5.74) is -3.60. The molecule has 0 radical (unpaired) electrons. The van der Waals surface area contributed by atoms with Gasteiger partial charge in [0.2, 0.25) is 0 Å². The Hall–Kier alpha value is -3.15. The molecule has 3 rings (SSSR count). The first-order chi connectivity index (χ1) is 19.1. The lowest BCUT2D eigenvalue weighted by atomic mass is 10.0. The van der Waals surface area contributed by atoms with Crippen LogP contribution in [0, 0.1) is 10.5 Å². The molecule has 0 saturated carbocycles. The monoisotopic (exact) mass is 730 g/mol. The second kappa shape index (κ2) is 11.9. The van der Waals surface area contributed by atoms with E-state index in [1.807, 2.05) is 22.6 Å². The summed E-state index contributed by atoms with van der Waals surface area (Å²) in [6, 6.07) is 8.56. The maximum atomic E-state index is 13.4. The van der Waals surface area contributed by atoms with Gasteiger partial charge in [0.15, 0.2) is 5.69 Å². The predicted molar refractivity (Wildman–Crippen MR) is 151 cm³/mol. The summed E-state index contributed by atoms with van der Waals surface area (Å²) in [5.74, 6) is -1.72. The van der Waals surface area contributed by atoms with Gasteiger partial charge >= 0.3 is 12.4 Å². The summed E-state index contributed by atoms with van der Waals surface area (Å²) in [4.78, 5) is 26.4. The van der Waals surface area contributed by atoms with Crippen molar-refractivity contribution in [3.05, 3.63) is 79.7 Å². The molecule has 0 atom stereocenters. The third-order valence-corrected chi connectivity index (χ3v) is 7.94. The third-order valence-electron chi connectivity index (χ3n) is 5.79. The highest BCUT2D eigenvalue weighted by Gasteiger charge is 2.42. The van der Waals surface area contributed by atoms with Crippen LogP contribution in [0.5, 0.6) is 0 Å². The molecule has 228 valence electrons. The number of aromatic nitrogens is 2. The summed E-state index contributed by atoms with van der Waals surface area (Å²) < 4.78 is 103. The van der Waals surface area contributed by atoms with E-state index in [-0.39, 0.29) is 38.9 Å². The number of nitrogens with one attached hydrogen (secondary N) is 2. The molecule has 42 heavy (non-hydrogen) atoms. The number of hydrogen-bond donors (Lipinski definition) is 2. The first kappa shape index (κ1) is 33.4. The lowest BCUT2D eigenvalue weighted by molar-refractivity contribution is -0.144. The number of halogens is 7. The smallest absolute Gasteiger partial charge is 0.346 e. The SMILES string of the molecule is Cc1cc(Cn2nc(C(F)(F)F)cc2C(F)(F)F)ccc1NC(=O)c1cccc(I)c1C(=O)NC(C)(C)CS(C)(=O)=O. The van der Waals surface area contributed by atoms with E-state index in [1.165, 1.54) is 45.0 Å². The van der Waals surface area contributed by atoms with Crippen molar-refractivity contribution >= 4 is 49.9 Å². The molecule has 2 N–H and O–H groups in total. The average molecular weight is 730 g/mol. The molecule has 0 spiro atoms. The van der Waals surface area contributed by atoms with Crippen LogP contribution in [0.4, 0.5) is 32.0 Å². The van der Waals surface area contributed by atoms with E-state index in [1.54, 1.807) is 12.1 Å². The number of aryl methyl sites for hydroxylation is 1. The molecular formula is C26H25F6IN4O4S. The maximum Gasteiger partial charge on any atom is 0.435 e. The molecule has 2 aromatic carbocycles. The third kappa shape index (κ3) is 8.45. The van der Waals surface area contributed by atoms with E-state index >= 15 is 0 Å². The number of hydrogen-bond acceptors (Lipinski definition) is 5. The molecule has 8 nitrogen and oxygen atoms in total. The van der Waals surface area contributed by atoms with Gasteiger partial charge in [-0.2, -0.15) is 31.4 Å². The molecule has 16 heteroatoms. The van der Waals surface area contributed by atoms with Crippen molar-refractivity contribution in [2.75, 3.05) is 17.3 Å². The van der Waals surface area contributed by atoms with E-state index < -0.39 is 57.5 Å². The highest BCUT2D eigenvalue weighted by molar-refractivity contribution is 14.1. The summed E-state index contributed by atoms with van der Waals surface area (Å²) in [7, 11) is -3.44. The first-order valence-corrected chi connectivity index (χ1v) is 15.1. The fourth-order valence-electron chi connectivity index (χ4n) is 4.24. The molecule has 0 aliphatic rings. The van der Waals surface area contributed by atoms with Crippen LogP contribution in [0.3, 0.4) is 0 Å². The van der Waals surface area contributed by atoms with Gasteiger partial charge in [-0.25, -0.2) is 8.42 Å². The van der Waals surface area contributed by atoms with Crippen molar-refractivity contribution in [1.29, 1.82) is 0 Å². The summed E-state index contributed by atoms with van der Waals surface area (Å²) >= 11 is 1.86. The Bertz CT molecular complexity index is 1630. The molecular weight excluding hydrogens is 705 g/mol. The van der Waals surface area contributed by atoms with Gasteiger partial charge in [0.1, 0.15) is 15.5 Å². The molecule has 0 unspecified atom stereocenters. The molecule has 0 fully saturated rings. The van der Waals surface area contributed by atoms with Crippen molar-refractivity contribution in [3.63, 3.8) is 0 Å². The number of sulfone groups is 1. The lowest BCUT2D eigenvalue weighted by Crippen LogP contribution is -2.48. The Morgan fingerprint density at radius 1 is 0.976 bits per heavy atom. The number of anilines is 1. The molecule has 0 aliphatic carbocycles. The molecule has 1 aromatic heterocycles. The van der Waals surface area contributed by atoms with Gasteiger partial charge in [0.05, 0.1) is 23.4 Å². The zero-order chi connectivity index (χ0) is 31.8. The normalized spacial score (nSPS) is 12.7. The molecule has 1 heterocycles. The Morgan fingerprint density at radius 2 is 1.62 bits per heavy atom. The fourth-order valence-corrected chi connectivity index (χ4v) is 6.36. The number of carbonyl (C=O) groups excluding carboxylic acids is 2. The van der Waals surface area contributed by atoms with Crippen LogP contribution in [-0.4, -0.2) is 47.6 Å². The number of benzene rings is 2. The lowest BCUT2D eigenvalue weighted by Gasteiger charge is -2.26. The Balaban J connectivity index is 1.86. The minimum Gasteiger partial charge on any atom is -0.346 e. The fraction of sp³-hybridized carbons (Fsp3) is 0.346. The van der Waals surface area contributed by atoms with Crippen molar-refractivity contribution in [2.45, 2.75) is 45.2 Å². The van der Waals surface area contributed by atoms with E-state index in [4.69, 9.17) is 0 Å². The van der Waals surface area contributed by atoms with Gasteiger partial charge in [-0.3, -0.25) is 14.3 Å². The minimum absolute atomic E-state index is 0.00489. The Labute approximate surface area is 250 Å². The standard InChI is InChI=1S/C26H25F6IN4O4S/c1-14-10-15(12-37-20(26(30,31)32)11-19(36-37)25(27,28)29)8-9-18(14)34-22(38)16-6-5-7-17(33)21(16)23(39)35-24(2,3)13-42(4,40)41/h5-11H,12-13H2,1-4H3,(H,34,38)(H,35,39). The van der Waals surface area contributed by atoms with Gasteiger partial charge in [-0.05, 0) is 72.7 Å². The molecule has 0 saturated heterocycles. The van der Waals surface area contributed by atoms with Gasteiger partial charge in [0.25, 0.3) is 11.8 Å². The zero-order valence-corrected chi connectivity index (χ0v) is 25.5. The minimum atomic E-state index is -5.07. The topological polar surface area (TPSA) is 110 Å². The van der Waals surface area contributed by atoms with Crippen LogP contribution >= 0.6 is 22.6 Å². The van der Waals surface area contributed by atoms with Crippen molar-refractivity contribution < 1.29 is 44.3 Å². The molecule has 3 aromatic rings. The van der Waals surface area contributed by atoms with Crippen LogP contribution in [0.15, 0.2) is 42.5 Å². The van der Waals surface area contributed by atoms with Crippen LogP contribution in [0.2, 0.25) is 0 Å². The van der Waals surface area contributed by atoms with Crippen LogP contribution in [0.1, 0.15) is 57.1 Å². The predicted octanol–water partition coefficient (Wildman–Crippen LogP) is 5.69. The van der Waals surface area contributed by atoms with Gasteiger partial charge < -0.3 is 10.6 Å². The molecule has 0 bridgehead atoms. The number of alkyl halides is 6. The van der Waals surface area contributed by atoms with Crippen molar-refractivity contribution in [2.24, 2.45) is 0 Å². The van der Waals surface area contributed by atoms with Crippen LogP contribution in [0.25, 0.3) is 0 Å². The molecule has 2 amide bonds. The van der Waals surface area contributed by atoms with Crippen molar-refractivity contribution in [1.82, 2.24) is 15.1 Å². The molecule has 0 aliphatic heterocycles. The number of nitrogens with zero attached hydrogens (tertiary/aromatic N) is 2. The largest absolute Gasteiger partial charge is 0.435 e. The maximum absolute atomic E-state index is 13.4. The summed E-state index contributed by atoms with van der Waals surface area (Å²) in [5, 5.41) is 8.36. The highest BCUT2D eigenvalue weighted by Crippen LogP contribution is 2.35. The van der Waals surface area contributed by atoms with Gasteiger partial charge in [-0.1, -0.05) is 18.2 Å². The van der Waals surface area contributed by atoms with Crippen molar-refractivity contribution in [3.8, 4) is 0 Å². The van der Waals surface area contributed by atoms with E-state index in [0.717, 1.165) is 6.26 Å². The Kier molecular flexibility index (Phi) is 9.41. The second-order valence-corrected chi connectivity index (χ2v) is 13.5. The zero-order valence-electron chi connectivity index (χ0n) is 22.5. The van der Waals surface area contributed by atoms with E-state index in [9.17, 15) is 44.3 Å². The quantitative estimate of drug-likeness (QED) is 0.229. The van der Waals surface area contributed by atoms with Crippen LogP contribution in [-0.2, 0) is 28.7 Å². The summed E-state index contributed by atoms with van der Waals surface area (Å²) in [6.07, 6.45) is -9.11. The number of amides is 2. The highest BCUT2D eigenvalue weighted by atomic mass is 127.